The number of hydrazine groups is 1. The maximum Gasteiger partial charge on any atom is 0.264 e. The number of carbonyl (C=O) groups is 5. The van der Waals surface area contributed by atoms with Crippen LogP contribution in [0.25, 0.3) is 0 Å². The number of rotatable bonds is 14. The summed E-state index contributed by atoms with van der Waals surface area (Å²) >= 11 is 0. The van der Waals surface area contributed by atoms with Gasteiger partial charge in [0.25, 0.3) is 11.8 Å². The number of nitrogens with zero attached hydrogens (tertiary/aromatic N) is 4. The molecule has 0 aromatic heterocycles. The molecule has 13 nitrogen and oxygen atoms in total. The number of amidine groups is 1. The lowest BCUT2D eigenvalue weighted by Gasteiger charge is -2.34. The van der Waals surface area contributed by atoms with Gasteiger partial charge in [0.05, 0.1) is 17.2 Å². The first kappa shape index (κ1) is 34.3. The van der Waals surface area contributed by atoms with Crippen molar-refractivity contribution >= 4 is 41.1 Å². The van der Waals surface area contributed by atoms with Crippen molar-refractivity contribution in [1.29, 1.82) is 0 Å². The fourth-order valence-corrected chi connectivity index (χ4v) is 7.41. The minimum absolute atomic E-state index is 0.0868. The van der Waals surface area contributed by atoms with E-state index < -0.39 is 29.7 Å². The predicted octanol–water partition coefficient (Wildman–Crippen LogP) is 3.57. The molecule has 5 amide bonds. The topological polar surface area (TPSA) is 156 Å². The van der Waals surface area contributed by atoms with Crippen LogP contribution in [0.3, 0.4) is 0 Å². The summed E-state index contributed by atoms with van der Waals surface area (Å²) in [7, 11) is 2.07. The number of allylic oxidation sites excluding steroid dienone is 1. The van der Waals surface area contributed by atoms with Crippen LogP contribution >= 0.6 is 0 Å². The Labute approximate surface area is 287 Å². The number of amides is 5. The van der Waals surface area contributed by atoms with Crippen molar-refractivity contribution in [2.75, 3.05) is 25.5 Å². The number of unbranched alkanes of at least 4 members (excludes halogenated alkanes) is 4. The molecule has 0 radical (unpaired) electrons. The number of anilines is 1. The maximum atomic E-state index is 13.3. The minimum Gasteiger partial charge on any atom is -0.384 e. The largest absolute Gasteiger partial charge is 0.384 e. The molecule has 5 aliphatic rings. The fraction of sp³-hybridized carbons (Fsp3) is 0.556. The number of hydrogen-bond donors (Lipinski definition) is 4. The number of likely N-dealkylation sites (N-methyl/N-ethyl adjacent to an activating group) is 1. The Morgan fingerprint density at radius 2 is 1.82 bits per heavy atom. The second-order valence-electron chi connectivity index (χ2n) is 13.6. The summed E-state index contributed by atoms with van der Waals surface area (Å²) in [5.74, 6) is 0.141. The predicted molar refractivity (Wildman–Crippen MR) is 185 cm³/mol. The van der Waals surface area contributed by atoms with Crippen molar-refractivity contribution in [1.82, 2.24) is 30.9 Å². The molecule has 3 atom stereocenters. The van der Waals surface area contributed by atoms with E-state index in [9.17, 15) is 24.0 Å². The van der Waals surface area contributed by atoms with Gasteiger partial charge >= 0.3 is 0 Å². The van der Waals surface area contributed by atoms with Gasteiger partial charge in [0.2, 0.25) is 17.7 Å². The monoisotopic (exact) mass is 672 g/mol. The molecule has 4 heterocycles. The van der Waals surface area contributed by atoms with Crippen LogP contribution in [0.5, 0.6) is 0 Å². The molecular weight excluding hydrogens is 624 g/mol. The van der Waals surface area contributed by atoms with Gasteiger partial charge < -0.3 is 16.0 Å². The van der Waals surface area contributed by atoms with Crippen LogP contribution in [-0.4, -0.2) is 88.6 Å². The average molecular weight is 673 g/mol. The van der Waals surface area contributed by atoms with Gasteiger partial charge in [-0.05, 0) is 63.2 Å². The molecule has 4 aliphatic heterocycles. The summed E-state index contributed by atoms with van der Waals surface area (Å²) in [6.07, 6.45) is 14.6. The summed E-state index contributed by atoms with van der Waals surface area (Å²) in [4.78, 5) is 69.0. The van der Waals surface area contributed by atoms with Gasteiger partial charge in [-0.2, -0.15) is 0 Å². The van der Waals surface area contributed by atoms with Crippen LogP contribution in [0.4, 0.5) is 5.69 Å². The molecule has 1 aromatic rings. The zero-order valence-corrected chi connectivity index (χ0v) is 28.6. The number of imide groups is 2. The van der Waals surface area contributed by atoms with E-state index in [0.29, 0.717) is 18.7 Å². The summed E-state index contributed by atoms with van der Waals surface area (Å²) in [5.41, 5.74) is 2.32. The molecule has 0 spiro atoms. The standard InChI is InChI=1S/C36H48N8O5/c1-3-10-23-22-30(44-29(38-23)18-20-42(44)2)39-24-14-15-25(21-24)40-31(45)13-7-5-4-6-8-19-37-27-12-9-11-26-33(27)36(49)43(35(26)48)28-16-17-32(46)41-34(28)47/h9,11-12,18,22,24-25,28,37-38H,3-8,10,13-17,19-21H2,1-2H3,(H,40,45)(H,41,46,47)/t24-,25?,28?/m1/s1. The number of fused-ring (bicyclic) bond motifs is 2. The zero-order valence-electron chi connectivity index (χ0n) is 28.6. The molecule has 4 N–H and O–H groups in total. The van der Waals surface area contributed by atoms with Gasteiger partial charge in [-0.3, -0.25) is 39.2 Å². The summed E-state index contributed by atoms with van der Waals surface area (Å²) in [6.45, 7) is 3.66. The van der Waals surface area contributed by atoms with Crippen LogP contribution in [-0.2, 0) is 14.4 Å². The molecule has 1 aromatic carbocycles. The number of aliphatic imine (C=N–C) groups is 1. The van der Waals surface area contributed by atoms with E-state index in [1.165, 1.54) is 5.70 Å². The Kier molecular flexibility index (Phi) is 10.8. The third kappa shape index (κ3) is 7.71. The molecular formula is C36H48N8O5. The molecule has 1 saturated heterocycles. The molecule has 2 unspecified atom stereocenters. The number of hydrogen-bond acceptors (Lipinski definition) is 9. The lowest BCUT2D eigenvalue weighted by atomic mass is 10.0. The molecule has 1 aliphatic carbocycles. The van der Waals surface area contributed by atoms with E-state index in [2.05, 4.69) is 57.4 Å². The molecule has 49 heavy (non-hydrogen) atoms. The van der Waals surface area contributed by atoms with Crippen LogP contribution < -0.4 is 21.3 Å². The van der Waals surface area contributed by atoms with E-state index in [-0.39, 0.29) is 42.0 Å². The van der Waals surface area contributed by atoms with Crippen molar-refractivity contribution in [3.8, 4) is 0 Å². The van der Waals surface area contributed by atoms with Gasteiger partial charge in [-0.15, -0.1) is 0 Å². The van der Waals surface area contributed by atoms with Gasteiger partial charge in [0.1, 0.15) is 17.7 Å². The molecule has 6 rings (SSSR count). The van der Waals surface area contributed by atoms with E-state index in [1.807, 2.05) is 0 Å². The third-order valence-electron chi connectivity index (χ3n) is 9.90. The van der Waals surface area contributed by atoms with Crippen molar-refractivity contribution in [3.05, 3.63) is 53.0 Å². The highest BCUT2D eigenvalue weighted by Crippen LogP contribution is 2.32. The Morgan fingerprint density at radius 1 is 1.00 bits per heavy atom. The van der Waals surface area contributed by atoms with Gasteiger partial charge in [-0.1, -0.05) is 38.7 Å². The van der Waals surface area contributed by atoms with Crippen LogP contribution in [0.15, 0.2) is 46.9 Å². The maximum absolute atomic E-state index is 13.3. The van der Waals surface area contributed by atoms with Crippen molar-refractivity contribution in [2.24, 2.45) is 4.99 Å². The quantitative estimate of drug-likeness (QED) is 0.172. The van der Waals surface area contributed by atoms with Gasteiger partial charge in [-0.25, -0.2) is 10.0 Å². The Hall–Kier alpha value is -4.52. The smallest absolute Gasteiger partial charge is 0.264 e. The Morgan fingerprint density at radius 3 is 2.63 bits per heavy atom. The molecule has 13 heteroatoms. The third-order valence-corrected chi connectivity index (χ3v) is 9.90. The van der Waals surface area contributed by atoms with E-state index >= 15 is 0 Å². The van der Waals surface area contributed by atoms with Crippen LogP contribution in [0.2, 0.25) is 0 Å². The second-order valence-corrected chi connectivity index (χ2v) is 13.6. The summed E-state index contributed by atoms with van der Waals surface area (Å²) in [5, 5.41) is 16.6. The summed E-state index contributed by atoms with van der Waals surface area (Å²) < 4.78 is 0. The highest BCUT2D eigenvalue weighted by molar-refractivity contribution is 6.25. The van der Waals surface area contributed by atoms with Gasteiger partial charge in [0, 0.05) is 56.5 Å². The van der Waals surface area contributed by atoms with Crippen LogP contribution in [0.1, 0.15) is 111 Å². The van der Waals surface area contributed by atoms with Crippen molar-refractivity contribution in [3.63, 3.8) is 0 Å². The first-order valence-corrected chi connectivity index (χ1v) is 17.9. The van der Waals surface area contributed by atoms with E-state index in [1.54, 1.807) is 18.2 Å². The van der Waals surface area contributed by atoms with E-state index in [0.717, 1.165) is 87.3 Å². The minimum atomic E-state index is -0.982. The zero-order chi connectivity index (χ0) is 34.5. The summed E-state index contributed by atoms with van der Waals surface area (Å²) in [6, 6.07) is 4.46. The number of nitrogens with one attached hydrogen (secondary N) is 4. The molecule has 262 valence electrons. The first-order chi connectivity index (χ1) is 23.7. The lowest BCUT2D eigenvalue weighted by Crippen LogP contribution is -2.54. The highest BCUT2D eigenvalue weighted by Gasteiger charge is 2.45. The SMILES string of the molecule is CCCC1=CC(=N[C@@H]2CCC(NC(=O)CCCCCCCNc3cccc4c3C(=O)N(C3CCC(=O)NC3=O)C4=O)C2)N2C(=CCN2C)N1. The van der Waals surface area contributed by atoms with Crippen molar-refractivity contribution in [2.45, 2.75) is 109 Å². The number of carbonyl (C=O) groups excluding carboxylic acids is 5. The van der Waals surface area contributed by atoms with Crippen LogP contribution in [0, 0.1) is 0 Å². The average Bonchev–Trinajstić information content (AvgIpc) is 3.75. The fourth-order valence-electron chi connectivity index (χ4n) is 7.41. The number of piperidine rings is 1. The Balaban J connectivity index is 0.879. The second kappa shape index (κ2) is 15.4. The number of benzene rings is 1. The molecule has 0 bridgehead atoms. The van der Waals surface area contributed by atoms with E-state index in [4.69, 9.17) is 4.99 Å². The molecule has 2 fully saturated rings. The van der Waals surface area contributed by atoms with Crippen molar-refractivity contribution < 1.29 is 24.0 Å². The Bertz CT molecular complexity index is 1580. The highest BCUT2D eigenvalue weighted by atomic mass is 16.2. The normalized spacial score (nSPS) is 24.4. The molecule has 1 saturated carbocycles. The van der Waals surface area contributed by atoms with Gasteiger partial charge in [0.15, 0.2) is 0 Å². The lowest BCUT2D eigenvalue weighted by molar-refractivity contribution is -0.136. The first-order valence-electron chi connectivity index (χ1n) is 17.9.